The van der Waals surface area contributed by atoms with E-state index in [0.29, 0.717) is 35.2 Å². The molecule has 1 aliphatic rings. The van der Waals surface area contributed by atoms with Crippen molar-refractivity contribution in [2.24, 2.45) is 4.99 Å². The molecular formula is C25H24N4O3S. The Hall–Kier alpha value is -3.70. The molecule has 1 aromatic heterocycles. The van der Waals surface area contributed by atoms with Gasteiger partial charge in [-0.05, 0) is 55.0 Å². The van der Waals surface area contributed by atoms with Gasteiger partial charge >= 0.3 is 0 Å². The Balaban J connectivity index is 1.64. The van der Waals surface area contributed by atoms with E-state index in [2.05, 4.69) is 21.4 Å². The number of aromatic hydroxyl groups is 1. The minimum atomic E-state index is -0.501. The predicted octanol–water partition coefficient (Wildman–Crippen LogP) is 3.75. The molecule has 2 N–H and O–H groups in total. The Labute approximate surface area is 194 Å². The second kappa shape index (κ2) is 9.84. The number of nitrogens with zero attached hydrogens (tertiary/aromatic N) is 3. The third-order valence-electron chi connectivity index (χ3n) is 5.00. The third-order valence-corrected chi connectivity index (χ3v) is 6.86. The molecule has 0 bridgehead atoms. The summed E-state index contributed by atoms with van der Waals surface area (Å²) >= 11 is 0. The number of rotatable bonds is 6. The molecule has 4 rings (SSSR count). The molecule has 1 fully saturated rings. The maximum Gasteiger partial charge on any atom is 0.235 e. The minimum Gasteiger partial charge on any atom is -0.508 e. The van der Waals surface area contributed by atoms with Gasteiger partial charge < -0.3 is 15.2 Å². The summed E-state index contributed by atoms with van der Waals surface area (Å²) in [7, 11) is -0.501. The van der Waals surface area contributed by atoms with Gasteiger partial charge in [0, 0.05) is 18.1 Å². The Bertz CT molecular complexity index is 1320. The summed E-state index contributed by atoms with van der Waals surface area (Å²) in [5, 5.41) is 25.7. The Morgan fingerprint density at radius 2 is 2.15 bits per heavy atom. The van der Waals surface area contributed by atoms with E-state index in [4.69, 9.17) is 4.74 Å². The number of aliphatic imine (C=N–C) groups is 1. The maximum atomic E-state index is 12.1. The molecular weight excluding hydrogens is 436 g/mol. The van der Waals surface area contributed by atoms with Gasteiger partial charge in [-0.3, -0.25) is 14.8 Å². The lowest BCUT2D eigenvalue weighted by Gasteiger charge is -2.14. The number of nitriles is 1. The van der Waals surface area contributed by atoms with Crippen LogP contribution in [-0.2, 0) is 11.2 Å². The van der Waals surface area contributed by atoms with Crippen LogP contribution in [0.3, 0.4) is 0 Å². The van der Waals surface area contributed by atoms with Crippen LogP contribution < -0.4 is 10.1 Å². The van der Waals surface area contributed by atoms with Crippen LogP contribution in [0.5, 0.6) is 11.5 Å². The summed E-state index contributed by atoms with van der Waals surface area (Å²) in [6.07, 6.45) is 2.02. The number of carbonyl (C=O) groups excluding carboxylic acids is 1. The van der Waals surface area contributed by atoms with Crippen LogP contribution in [0.4, 0.5) is 0 Å². The normalized spacial score (nSPS) is 17.0. The molecule has 33 heavy (non-hydrogen) atoms. The fourth-order valence-corrected chi connectivity index (χ4v) is 5.18. The number of nitrogens with one attached hydrogen (secondary N) is 1. The highest BCUT2D eigenvalue weighted by Gasteiger charge is 2.21. The van der Waals surface area contributed by atoms with Crippen molar-refractivity contribution < 1.29 is 14.6 Å². The average molecular weight is 461 g/mol. The number of ether oxygens (including phenoxy) is 1. The van der Waals surface area contributed by atoms with Crippen molar-refractivity contribution in [1.29, 1.82) is 5.26 Å². The highest BCUT2D eigenvalue weighted by Crippen LogP contribution is 2.30. The first-order valence-corrected chi connectivity index (χ1v) is 12.1. The smallest absolute Gasteiger partial charge is 0.235 e. The summed E-state index contributed by atoms with van der Waals surface area (Å²) in [4.78, 5) is 21.1. The van der Waals surface area contributed by atoms with Crippen molar-refractivity contribution in [3.63, 3.8) is 0 Å². The van der Waals surface area contributed by atoms with Gasteiger partial charge in [0.05, 0.1) is 17.4 Å². The van der Waals surface area contributed by atoms with Crippen LogP contribution in [-0.4, -0.2) is 44.9 Å². The van der Waals surface area contributed by atoms with E-state index < -0.39 is 10.5 Å². The lowest BCUT2D eigenvalue weighted by molar-refractivity contribution is -0.116. The van der Waals surface area contributed by atoms with Crippen LogP contribution >= 0.6 is 10.5 Å². The summed E-state index contributed by atoms with van der Waals surface area (Å²) in [5.41, 5.74) is 2.85. The number of amidine groups is 1. The first-order valence-electron chi connectivity index (χ1n) is 10.6. The van der Waals surface area contributed by atoms with E-state index in [-0.39, 0.29) is 17.8 Å². The highest BCUT2D eigenvalue weighted by atomic mass is 32.2. The maximum absolute atomic E-state index is 12.1. The van der Waals surface area contributed by atoms with Gasteiger partial charge in [0.2, 0.25) is 5.91 Å². The lowest BCUT2D eigenvalue weighted by Crippen LogP contribution is -2.20. The monoisotopic (exact) mass is 460 g/mol. The number of hydrogen-bond acceptors (Lipinski definition) is 6. The average Bonchev–Trinajstić information content (AvgIpc) is 3.14. The van der Waals surface area contributed by atoms with E-state index in [1.54, 1.807) is 12.1 Å². The van der Waals surface area contributed by atoms with Crippen LogP contribution in [0.1, 0.15) is 30.5 Å². The molecule has 1 amide bonds. The van der Waals surface area contributed by atoms with E-state index >= 15 is 0 Å². The molecule has 0 radical (unpaired) electrons. The Morgan fingerprint density at radius 1 is 1.33 bits per heavy atom. The molecule has 3 aromatic rings. The number of carbonyl (C=O) groups is 1. The molecule has 0 saturated carbocycles. The molecule has 2 aromatic carbocycles. The number of aromatic nitrogens is 1. The van der Waals surface area contributed by atoms with Gasteiger partial charge in [0.1, 0.15) is 23.1 Å². The molecule has 7 nitrogen and oxygen atoms in total. The molecule has 0 spiro atoms. The molecule has 2 heterocycles. The topological polar surface area (TPSA) is 108 Å². The zero-order valence-corrected chi connectivity index (χ0v) is 19.2. The van der Waals surface area contributed by atoms with E-state index in [1.165, 1.54) is 6.20 Å². The number of pyridine rings is 1. The number of para-hydroxylation sites is 1. The van der Waals surface area contributed by atoms with Crippen molar-refractivity contribution in [2.45, 2.75) is 26.4 Å². The second-order valence-corrected chi connectivity index (χ2v) is 9.63. The number of hydrogen-bond donors (Lipinski definition) is 2. The molecule has 1 aliphatic heterocycles. The van der Waals surface area contributed by atoms with Crippen LogP contribution in [0.25, 0.3) is 10.9 Å². The highest BCUT2D eigenvalue weighted by molar-refractivity contribution is 8.29. The number of amides is 1. The van der Waals surface area contributed by atoms with Crippen LogP contribution in [0.2, 0.25) is 0 Å². The number of fused-ring (bicyclic) bond motifs is 1. The fourth-order valence-electron chi connectivity index (χ4n) is 3.52. The second-order valence-electron chi connectivity index (χ2n) is 7.86. The SMILES string of the molecule is CC(C)Oc1c(C#N)cnc2ccc(C=S3CC(=O)NC3=NCCc3ccccc3O)cc12. The van der Waals surface area contributed by atoms with Gasteiger partial charge in [0.25, 0.3) is 0 Å². The van der Waals surface area contributed by atoms with Gasteiger partial charge in [-0.15, -0.1) is 10.5 Å². The van der Waals surface area contributed by atoms with Crippen molar-refractivity contribution in [3.05, 3.63) is 65.4 Å². The van der Waals surface area contributed by atoms with Crippen molar-refractivity contribution in [2.75, 3.05) is 12.3 Å². The van der Waals surface area contributed by atoms with E-state index in [1.807, 2.05) is 49.5 Å². The fraction of sp³-hybridized carbons (Fsp3) is 0.240. The number of phenols is 1. The molecule has 1 saturated heterocycles. The molecule has 1 unspecified atom stereocenters. The largest absolute Gasteiger partial charge is 0.508 e. The molecule has 0 aliphatic carbocycles. The first-order chi connectivity index (χ1) is 15.9. The zero-order chi connectivity index (χ0) is 23.4. The van der Waals surface area contributed by atoms with Crippen molar-refractivity contribution in [1.82, 2.24) is 10.3 Å². The standard InChI is InChI=1S/C25H24N4O3S/c1-16(2)32-24-19(12-26)13-28-21-8-7-17(11-20(21)24)14-33-15-23(31)29-25(33)27-10-9-18-5-3-4-6-22(18)30/h3-8,11,13-14,16,30H,9-10,15H2,1-2H3,(H,27,29,31). The Kier molecular flexibility index (Phi) is 6.71. The van der Waals surface area contributed by atoms with Crippen LogP contribution in [0, 0.1) is 11.3 Å². The summed E-state index contributed by atoms with van der Waals surface area (Å²) in [6, 6.07) is 15.1. The Morgan fingerprint density at radius 3 is 2.91 bits per heavy atom. The zero-order valence-electron chi connectivity index (χ0n) is 18.4. The third kappa shape index (κ3) is 5.21. The number of benzene rings is 2. The van der Waals surface area contributed by atoms with Gasteiger partial charge in [-0.2, -0.15) is 5.26 Å². The van der Waals surface area contributed by atoms with Gasteiger partial charge in [0.15, 0.2) is 5.17 Å². The summed E-state index contributed by atoms with van der Waals surface area (Å²) < 4.78 is 5.93. The molecule has 168 valence electrons. The lowest BCUT2D eigenvalue weighted by atomic mass is 10.1. The van der Waals surface area contributed by atoms with Crippen LogP contribution in [0.15, 0.2) is 53.7 Å². The molecule has 8 heteroatoms. The van der Waals surface area contributed by atoms with Crippen molar-refractivity contribution in [3.8, 4) is 17.6 Å². The quantitative estimate of drug-likeness (QED) is 0.545. The molecule has 1 atom stereocenters. The predicted molar refractivity (Wildman–Crippen MR) is 132 cm³/mol. The van der Waals surface area contributed by atoms with E-state index in [9.17, 15) is 15.2 Å². The van der Waals surface area contributed by atoms with Gasteiger partial charge in [-0.25, -0.2) is 0 Å². The van der Waals surface area contributed by atoms with Gasteiger partial charge in [-0.1, -0.05) is 24.3 Å². The minimum absolute atomic E-state index is 0.0612. The van der Waals surface area contributed by atoms with E-state index in [0.717, 1.165) is 22.0 Å². The summed E-state index contributed by atoms with van der Waals surface area (Å²) in [5.74, 6) is 1.06. The summed E-state index contributed by atoms with van der Waals surface area (Å²) in [6.45, 7) is 4.29. The number of phenolic OH excluding ortho intramolecular Hbond substituents is 1. The van der Waals surface area contributed by atoms with Crippen molar-refractivity contribution >= 4 is 37.8 Å². The first kappa shape index (κ1) is 22.5.